The number of thiazole rings is 1. The normalized spacial score (nSPS) is 15.6. The molecule has 2 rings (SSSR count). The number of aromatic nitrogens is 1. The standard InChI is InChI=1S/C7H4N2OS/c10-6-4-8-3-5(6)7-9-1-2-11-7/h1-4H. The van der Waals surface area contributed by atoms with E-state index in [4.69, 9.17) is 0 Å². The Morgan fingerprint density at radius 3 is 2.91 bits per heavy atom. The van der Waals surface area contributed by atoms with Crippen LogP contribution in [0.3, 0.4) is 0 Å². The zero-order valence-corrected chi connectivity index (χ0v) is 6.34. The number of nitrogens with zero attached hydrogens (tertiary/aromatic N) is 2. The molecular weight excluding hydrogens is 160 g/mol. The Hall–Kier alpha value is -1.29. The average molecular weight is 164 g/mol. The summed E-state index contributed by atoms with van der Waals surface area (Å²) in [4.78, 5) is 18.8. The molecule has 0 aromatic carbocycles. The van der Waals surface area contributed by atoms with E-state index in [0.29, 0.717) is 5.57 Å². The fraction of sp³-hybridized carbons (Fsp3) is 0. The van der Waals surface area contributed by atoms with E-state index >= 15 is 0 Å². The molecule has 0 aliphatic carbocycles. The van der Waals surface area contributed by atoms with Crippen LogP contribution in [-0.2, 0) is 4.79 Å². The van der Waals surface area contributed by atoms with Crippen LogP contribution in [0.4, 0.5) is 0 Å². The summed E-state index contributed by atoms with van der Waals surface area (Å²) in [7, 11) is 0. The van der Waals surface area contributed by atoms with Crippen LogP contribution in [0.15, 0.2) is 22.8 Å². The lowest BCUT2D eigenvalue weighted by atomic mass is 10.2. The van der Waals surface area contributed by atoms with Crippen LogP contribution < -0.4 is 0 Å². The van der Waals surface area contributed by atoms with Gasteiger partial charge in [0.2, 0.25) is 5.78 Å². The number of ketones is 1. The summed E-state index contributed by atoms with van der Waals surface area (Å²) in [5, 5.41) is 2.58. The van der Waals surface area contributed by atoms with Crippen LogP contribution in [0.25, 0.3) is 5.57 Å². The molecule has 0 unspecified atom stereocenters. The van der Waals surface area contributed by atoms with E-state index < -0.39 is 0 Å². The molecule has 0 amide bonds. The first-order valence-electron chi connectivity index (χ1n) is 3.05. The smallest absolute Gasteiger partial charge is 0.208 e. The fourth-order valence-corrected chi connectivity index (χ4v) is 1.48. The lowest BCUT2D eigenvalue weighted by Gasteiger charge is -1.89. The second-order valence-electron chi connectivity index (χ2n) is 2.02. The molecule has 0 fully saturated rings. The van der Waals surface area contributed by atoms with Crippen LogP contribution in [-0.4, -0.2) is 17.0 Å². The Morgan fingerprint density at radius 2 is 2.36 bits per heavy atom. The van der Waals surface area contributed by atoms with Crippen LogP contribution in [0.1, 0.15) is 5.01 Å². The molecule has 0 atom stereocenters. The van der Waals surface area contributed by atoms with Crippen molar-refractivity contribution in [2.24, 2.45) is 4.99 Å². The molecule has 0 radical (unpaired) electrons. The molecule has 0 bridgehead atoms. The molecular formula is C7H4N2OS. The number of allylic oxidation sites excluding steroid dienone is 1. The Kier molecular flexibility index (Phi) is 1.40. The molecule has 0 spiro atoms. The van der Waals surface area contributed by atoms with Crippen LogP contribution in [0.2, 0.25) is 0 Å². The summed E-state index contributed by atoms with van der Waals surface area (Å²) in [5.74, 6) is -0.0556. The van der Waals surface area contributed by atoms with Gasteiger partial charge in [-0.1, -0.05) is 0 Å². The van der Waals surface area contributed by atoms with Gasteiger partial charge in [0.15, 0.2) is 0 Å². The first-order valence-corrected chi connectivity index (χ1v) is 3.93. The molecule has 3 nitrogen and oxygen atoms in total. The number of carbonyl (C=O) groups is 1. The van der Waals surface area contributed by atoms with Gasteiger partial charge in [-0.15, -0.1) is 11.3 Å². The second kappa shape index (κ2) is 2.39. The van der Waals surface area contributed by atoms with E-state index in [-0.39, 0.29) is 5.78 Å². The highest BCUT2D eigenvalue weighted by Gasteiger charge is 2.15. The number of aliphatic imine (C=N–C) groups is 1. The van der Waals surface area contributed by atoms with E-state index in [1.807, 2.05) is 5.38 Å². The van der Waals surface area contributed by atoms with Crippen molar-refractivity contribution in [1.82, 2.24) is 4.98 Å². The highest BCUT2D eigenvalue weighted by atomic mass is 32.1. The zero-order chi connectivity index (χ0) is 7.68. The van der Waals surface area contributed by atoms with Gasteiger partial charge in [0, 0.05) is 17.8 Å². The van der Waals surface area contributed by atoms with Gasteiger partial charge in [0.05, 0.1) is 11.8 Å². The Morgan fingerprint density at radius 1 is 1.45 bits per heavy atom. The van der Waals surface area contributed by atoms with Gasteiger partial charge >= 0.3 is 0 Å². The van der Waals surface area contributed by atoms with Gasteiger partial charge in [0.25, 0.3) is 0 Å². The molecule has 1 aliphatic rings. The van der Waals surface area contributed by atoms with Crippen molar-refractivity contribution in [3.05, 3.63) is 22.8 Å². The molecule has 54 valence electrons. The van der Waals surface area contributed by atoms with Gasteiger partial charge in [-0.05, 0) is 0 Å². The summed E-state index contributed by atoms with van der Waals surface area (Å²) in [6.07, 6.45) is 4.52. The first-order chi connectivity index (χ1) is 5.38. The number of rotatable bonds is 1. The van der Waals surface area contributed by atoms with Gasteiger partial charge < -0.3 is 0 Å². The Balaban J connectivity index is 2.40. The summed E-state index contributed by atoms with van der Waals surface area (Å²) in [5.41, 5.74) is 0.597. The summed E-state index contributed by atoms with van der Waals surface area (Å²) in [6, 6.07) is 0. The summed E-state index contributed by atoms with van der Waals surface area (Å²) < 4.78 is 0. The topological polar surface area (TPSA) is 42.3 Å². The summed E-state index contributed by atoms with van der Waals surface area (Å²) >= 11 is 1.44. The Bertz CT molecular complexity index is 337. The Labute approximate surface area is 67.1 Å². The van der Waals surface area contributed by atoms with E-state index in [1.165, 1.54) is 17.6 Å². The lowest BCUT2D eigenvalue weighted by molar-refractivity contribution is -0.107. The lowest BCUT2D eigenvalue weighted by Crippen LogP contribution is -1.96. The average Bonchev–Trinajstić information content (AvgIpc) is 2.55. The molecule has 1 aromatic rings. The first kappa shape index (κ1) is 6.42. The van der Waals surface area contributed by atoms with Crippen LogP contribution >= 0.6 is 11.3 Å². The molecule has 0 saturated heterocycles. The molecule has 2 heterocycles. The van der Waals surface area contributed by atoms with E-state index in [2.05, 4.69) is 9.98 Å². The van der Waals surface area contributed by atoms with E-state index in [1.54, 1.807) is 12.4 Å². The number of carbonyl (C=O) groups excluding carboxylic acids is 1. The van der Waals surface area contributed by atoms with Crippen molar-refractivity contribution in [2.75, 3.05) is 0 Å². The predicted molar refractivity (Wildman–Crippen MR) is 43.6 cm³/mol. The highest BCUT2D eigenvalue weighted by molar-refractivity contribution is 7.11. The third kappa shape index (κ3) is 1.01. The van der Waals surface area contributed by atoms with Crippen molar-refractivity contribution < 1.29 is 4.79 Å². The van der Waals surface area contributed by atoms with Crippen LogP contribution in [0.5, 0.6) is 0 Å². The van der Waals surface area contributed by atoms with Crippen LogP contribution in [0, 0.1) is 0 Å². The molecule has 11 heavy (non-hydrogen) atoms. The number of Topliss-reactive ketones (excluding diaryl/α,β-unsaturated/α-hetero) is 1. The maximum atomic E-state index is 11.0. The minimum absolute atomic E-state index is 0.0556. The SMILES string of the molecule is O=C1C=NC=C1c1nccs1. The third-order valence-electron chi connectivity index (χ3n) is 1.32. The van der Waals surface area contributed by atoms with Gasteiger partial charge in [-0.3, -0.25) is 9.79 Å². The molecule has 0 saturated carbocycles. The maximum absolute atomic E-state index is 11.0. The minimum atomic E-state index is -0.0556. The fourth-order valence-electron chi connectivity index (χ4n) is 0.830. The number of hydrogen-bond donors (Lipinski definition) is 0. The van der Waals surface area contributed by atoms with Crippen molar-refractivity contribution in [3.63, 3.8) is 0 Å². The number of hydrogen-bond acceptors (Lipinski definition) is 4. The molecule has 0 N–H and O–H groups in total. The van der Waals surface area contributed by atoms with Crippen molar-refractivity contribution >= 4 is 28.9 Å². The largest absolute Gasteiger partial charge is 0.287 e. The second-order valence-corrected chi connectivity index (χ2v) is 2.92. The predicted octanol–water partition coefficient (Wildman–Crippen LogP) is 1.14. The van der Waals surface area contributed by atoms with Gasteiger partial charge in [0.1, 0.15) is 5.01 Å². The molecule has 4 heteroatoms. The molecule has 1 aliphatic heterocycles. The van der Waals surface area contributed by atoms with E-state index in [9.17, 15) is 4.79 Å². The van der Waals surface area contributed by atoms with Gasteiger partial charge in [-0.2, -0.15) is 0 Å². The van der Waals surface area contributed by atoms with E-state index in [0.717, 1.165) is 5.01 Å². The third-order valence-corrected chi connectivity index (χ3v) is 2.13. The van der Waals surface area contributed by atoms with Gasteiger partial charge in [-0.25, -0.2) is 4.98 Å². The maximum Gasteiger partial charge on any atom is 0.208 e. The van der Waals surface area contributed by atoms with Crippen molar-refractivity contribution in [2.45, 2.75) is 0 Å². The minimum Gasteiger partial charge on any atom is -0.287 e. The molecule has 1 aromatic heterocycles. The quantitative estimate of drug-likeness (QED) is 0.624. The zero-order valence-electron chi connectivity index (χ0n) is 5.52. The van der Waals surface area contributed by atoms with Crippen molar-refractivity contribution in [3.8, 4) is 0 Å². The highest BCUT2D eigenvalue weighted by Crippen LogP contribution is 2.19. The summed E-state index contributed by atoms with van der Waals surface area (Å²) in [6.45, 7) is 0. The van der Waals surface area contributed by atoms with Crippen molar-refractivity contribution in [1.29, 1.82) is 0 Å². The monoisotopic (exact) mass is 164 g/mol.